The fraction of sp³-hybridized carbons (Fsp3) is 0.286. The highest BCUT2D eigenvalue weighted by Gasteiger charge is 2.22. The number of carbonyl (C=O) groups excluding carboxylic acids is 2. The summed E-state index contributed by atoms with van der Waals surface area (Å²) < 4.78 is 0.735. The van der Waals surface area contributed by atoms with Crippen LogP contribution in [0.25, 0.3) is 0 Å². The van der Waals surface area contributed by atoms with Crippen LogP contribution in [-0.2, 0) is 4.79 Å². The van der Waals surface area contributed by atoms with Crippen molar-refractivity contribution in [2.75, 3.05) is 36.4 Å². The molecule has 6 nitrogen and oxygen atoms in total. The first kappa shape index (κ1) is 23.8. The summed E-state index contributed by atoms with van der Waals surface area (Å²) in [7, 11) is 0. The maximum Gasteiger partial charge on any atom is 0.258 e. The van der Waals surface area contributed by atoms with Crippen molar-refractivity contribution in [3.8, 4) is 0 Å². The van der Waals surface area contributed by atoms with E-state index in [-0.39, 0.29) is 11.0 Å². The number of thiocarbonyl (C=S) groups is 1. The van der Waals surface area contributed by atoms with Crippen molar-refractivity contribution in [1.29, 1.82) is 0 Å². The standard InChI is InChI=1S/C21H21BrCl2N4O2S/c1-2-19(29)28-9-7-27(8-10-28)18-6-4-14(23)12-17(18)25-21(31)26-20(30)15-11-13(22)3-5-16(15)24/h3-6,11-12H,2,7-10H2,1H3,(H2,25,26,30,31). The van der Waals surface area contributed by atoms with Crippen LogP contribution in [0.5, 0.6) is 0 Å². The quantitative estimate of drug-likeness (QED) is 0.535. The van der Waals surface area contributed by atoms with Crippen LogP contribution in [-0.4, -0.2) is 48.0 Å². The van der Waals surface area contributed by atoms with Gasteiger partial charge in [0.1, 0.15) is 0 Å². The van der Waals surface area contributed by atoms with Crippen molar-refractivity contribution in [3.63, 3.8) is 0 Å². The van der Waals surface area contributed by atoms with E-state index in [0.29, 0.717) is 53.9 Å². The average Bonchev–Trinajstić information content (AvgIpc) is 2.75. The van der Waals surface area contributed by atoms with E-state index in [4.69, 9.17) is 35.4 Å². The number of nitrogens with zero attached hydrogens (tertiary/aromatic N) is 2. The monoisotopic (exact) mass is 542 g/mol. The number of amides is 2. The van der Waals surface area contributed by atoms with Crippen LogP contribution >= 0.6 is 51.3 Å². The van der Waals surface area contributed by atoms with Gasteiger partial charge < -0.3 is 15.1 Å². The molecular weight excluding hydrogens is 523 g/mol. The molecule has 0 radical (unpaired) electrons. The van der Waals surface area contributed by atoms with Crippen LogP contribution in [0.4, 0.5) is 11.4 Å². The summed E-state index contributed by atoms with van der Waals surface area (Å²) in [6, 6.07) is 10.5. The Morgan fingerprint density at radius 3 is 2.48 bits per heavy atom. The van der Waals surface area contributed by atoms with Gasteiger partial charge in [0.2, 0.25) is 5.91 Å². The smallest absolute Gasteiger partial charge is 0.258 e. The summed E-state index contributed by atoms with van der Waals surface area (Å²) in [6.07, 6.45) is 0.504. The largest absolute Gasteiger partial charge is 0.366 e. The molecule has 1 aliphatic heterocycles. The number of halogens is 3. The fourth-order valence-corrected chi connectivity index (χ4v) is 4.24. The normalized spacial score (nSPS) is 13.7. The Balaban J connectivity index is 1.71. The number of nitrogens with one attached hydrogen (secondary N) is 2. The zero-order chi connectivity index (χ0) is 22.5. The summed E-state index contributed by atoms with van der Waals surface area (Å²) in [5, 5.41) is 6.71. The van der Waals surface area contributed by atoms with Crippen molar-refractivity contribution in [2.24, 2.45) is 0 Å². The lowest BCUT2D eigenvalue weighted by Gasteiger charge is -2.37. The molecule has 31 heavy (non-hydrogen) atoms. The Morgan fingerprint density at radius 1 is 1.10 bits per heavy atom. The highest BCUT2D eigenvalue weighted by atomic mass is 79.9. The molecule has 1 saturated heterocycles. The number of rotatable bonds is 4. The van der Waals surface area contributed by atoms with Crippen molar-refractivity contribution in [3.05, 3.63) is 56.5 Å². The van der Waals surface area contributed by atoms with Crippen molar-refractivity contribution >= 4 is 79.7 Å². The van der Waals surface area contributed by atoms with Gasteiger partial charge in [-0.1, -0.05) is 46.1 Å². The average molecular weight is 544 g/mol. The topological polar surface area (TPSA) is 64.7 Å². The molecular formula is C21H21BrCl2N4O2S. The molecule has 0 aliphatic carbocycles. The summed E-state index contributed by atoms with van der Waals surface area (Å²) in [5.41, 5.74) is 1.88. The molecule has 2 amide bonds. The molecule has 0 bridgehead atoms. The van der Waals surface area contributed by atoms with Gasteiger partial charge in [-0.2, -0.15) is 0 Å². The molecule has 2 aromatic rings. The number of hydrogen-bond acceptors (Lipinski definition) is 4. The summed E-state index contributed by atoms with van der Waals surface area (Å²) >= 11 is 21.0. The van der Waals surface area contributed by atoms with E-state index in [2.05, 4.69) is 31.5 Å². The van der Waals surface area contributed by atoms with E-state index >= 15 is 0 Å². The highest BCUT2D eigenvalue weighted by Crippen LogP contribution is 2.30. The molecule has 0 atom stereocenters. The predicted molar refractivity (Wildman–Crippen MR) is 133 cm³/mol. The number of piperazine rings is 1. The van der Waals surface area contributed by atoms with Crippen LogP contribution in [0.3, 0.4) is 0 Å². The molecule has 2 N–H and O–H groups in total. The third-order valence-corrected chi connectivity index (χ3v) is 6.14. The molecule has 2 aromatic carbocycles. The molecule has 3 rings (SSSR count). The van der Waals surface area contributed by atoms with Gasteiger partial charge in [-0.25, -0.2) is 0 Å². The molecule has 0 unspecified atom stereocenters. The van der Waals surface area contributed by atoms with Gasteiger partial charge in [0.05, 0.1) is 22.0 Å². The van der Waals surface area contributed by atoms with Gasteiger partial charge in [0, 0.05) is 42.1 Å². The van der Waals surface area contributed by atoms with Gasteiger partial charge in [-0.3, -0.25) is 14.9 Å². The first-order valence-electron chi connectivity index (χ1n) is 9.68. The Hall–Kier alpha value is -1.87. The highest BCUT2D eigenvalue weighted by molar-refractivity contribution is 9.10. The fourth-order valence-electron chi connectivity index (χ4n) is 3.30. The molecule has 1 fully saturated rings. The minimum atomic E-state index is -0.418. The Morgan fingerprint density at radius 2 is 1.81 bits per heavy atom. The molecule has 0 saturated carbocycles. The van der Waals surface area contributed by atoms with E-state index in [1.54, 1.807) is 30.3 Å². The van der Waals surface area contributed by atoms with Crippen molar-refractivity contribution < 1.29 is 9.59 Å². The maximum absolute atomic E-state index is 12.6. The zero-order valence-electron chi connectivity index (χ0n) is 16.8. The molecule has 1 heterocycles. The summed E-state index contributed by atoms with van der Waals surface area (Å²) in [5.74, 6) is -0.261. The second-order valence-electron chi connectivity index (χ2n) is 6.92. The van der Waals surface area contributed by atoms with Crippen LogP contribution in [0, 0.1) is 0 Å². The third-order valence-electron chi connectivity index (χ3n) is 4.88. The lowest BCUT2D eigenvalue weighted by molar-refractivity contribution is -0.131. The predicted octanol–water partition coefficient (Wildman–Crippen LogP) is 4.94. The van der Waals surface area contributed by atoms with Gasteiger partial charge in [-0.15, -0.1) is 0 Å². The van der Waals surface area contributed by atoms with E-state index in [1.807, 2.05) is 17.9 Å². The maximum atomic E-state index is 12.6. The van der Waals surface area contributed by atoms with Gasteiger partial charge in [0.15, 0.2) is 5.11 Å². The van der Waals surface area contributed by atoms with Crippen molar-refractivity contribution in [2.45, 2.75) is 13.3 Å². The van der Waals surface area contributed by atoms with E-state index in [1.165, 1.54) is 0 Å². The van der Waals surface area contributed by atoms with E-state index in [9.17, 15) is 9.59 Å². The summed E-state index contributed by atoms with van der Waals surface area (Å²) in [4.78, 5) is 28.5. The summed E-state index contributed by atoms with van der Waals surface area (Å²) in [6.45, 7) is 4.55. The van der Waals surface area contributed by atoms with E-state index in [0.717, 1.165) is 10.2 Å². The molecule has 10 heteroatoms. The molecule has 0 aromatic heterocycles. The van der Waals surface area contributed by atoms with Gasteiger partial charge in [-0.05, 0) is 48.6 Å². The van der Waals surface area contributed by atoms with Crippen LogP contribution in [0.1, 0.15) is 23.7 Å². The molecule has 0 spiro atoms. The molecule has 164 valence electrons. The first-order valence-corrected chi connectivity index (χ1v) is 11.6. The van der Waals surface area contributed by atoms with Gasteiger partial charge in [0.25, 0.3) is 5.91 Å². The van der Waals surface area contributed by atoms with E-state index < -0.39 is 5.91 Å². The third kappa shape index (κ3) is 6.10. The number of hydrogen-bond donors (Lipinski definition) is 2. The Bertz CT molecular complexity index is 1010. The van der Waals surface area contributed by atoms with Crippen LogP contribution in [0.15, 0.2) is 40.9 Å². The number of benzene rings is 2. The zero-order valence-corrected chi connectivity index (χ0v) is 20.7. The second-order valence-corrected chi connectivity index (χ2v) is 9.08. The Kier molecular flexibility index (Phi) is 8.16. The van der Waals surface area contributed by atoms with Gasteiger partial charge >= 0.3 is 0 Å². The van der Waals surface area contributed by atoms with Crippen LogP contribution in [0.2, 0.25) is 10.0 Å². The SMILES string of the molecule is CCC(=O)N1CCN(c2ccc(Cl)cc2NC(=S)NC(=O)c2cc(Br)ccc2Cl)CC1. The first-order chi connectivity index (χ1) is 14.8. The van der Waals surface area contributed by atoms with Crippen molar-refractivity contribution in [1.82, 2.24) is 10.2 Å². The Labute approximate surface area is 205 Å². The minimum Gasteiger partial charge on any atom is -0.366 e. The lowest BCUT2D eigenvalue weighted by atomic mass is 10.2. The number of anilines is 2. The molecule has 1 aliphatic rings. The van der Waals surface area contributed by atoms with Crippen LogP contribution < -0.4 is 15.5 Å². The second kappa shape index (κ2) is 10.6. The minimum absolute atomic E-state index is 0.129. The number of carbonyl (C=O) groups is 2. The lowest BCUT2D eigenvalue weighted by Crippen LogP contribution is -2.48.